The number of benzene rings is 2. The van der Waals surface area contributed by atoms with Gasteiger partial charge in [0.1, 0.15) is 24.1 Å². The van der Waals surface area contributed by atoms with Crippen LogP contribution in [0.4, 0.5) is 8.78 Å². The molecule has 0 unspecified atom stereocenters. The molecule has 8 heteroatoms. The van der Waals surface area contributed by atoms with Crippen LogP contribution >= 0.6 is 0 Å². The van der Waals surface area contributed by atoms with Gasteiger partial charge < -0.3 is 4.74 Å². The lowest BCUT2D eigenvalue weighted by Gasteiger charge is -2.17. The Labute approximate surface area is 170 Å². The van der Waals surface area contributed by atoms with Crippen molar-refractivity contribution in [1.29, 1.82) is 5.26 Å². The van der Waals surface area contributed by atoms with E-state index in [0.717, 1.165) is 0 Å². The smallest absolute Gasteiger partial charge is 0.298 e. The highest BCUT2D eigenvalue weighted by molar-refractivity contribution is 5.65. The molecule has 0 aliphatic carbocycles. The highest BCUT2D eigenvalue weighted by atomic mass is 19.3. The van der Waals surface area contributed by atoms with Crippen molar-refractivity contribution in [2.24, 2.45) is 0 Å². The average Bonchev–Trinajstić information content (AvgIpc) is 3.28. The largest absolute Gasteiger partial charge is 0.487 e. The van der Waals surface area contributed by atoms with Gasteiger partial charge in [0.25, 0.3) is 5.92 Å². The third-order valence-electron chi connectivity index (χ3n) is 4.46. The van der Waals surface area contributed by atoms with Gasteiger partial charge in [-0.25, -0.2) is 0 Å². The lowest BCUT2D eigenvalue weighted by Crippen LogP contribution is -2.16. The standard InChI is InChI=1S/C22H15F2N5O/c23-22(24,16-6-2-1-3-7-16)17-9-10-26-18(12-17)14-30-19-8-4-5-15(11-19)21-20(13-25)27-29-28-21/h1-12H,14H2,(H,27,28,29). The predicted octanol–water partition coefficient (Wildman–Crippen LogP) is 4.46. The number of aromatic nitrogens is 4. The van der Waals surface area contributed by atoms with Crippen molar-refractivity contribution in [2.45, 2.75) is 12.5 Å². The minimum absolute atomic E-state index is 0.00604. The van der Waals surface area contributed by atoms with E-state index in [0.29, 0.717) is 22.7 Å². The Morgan fingerprint density at radius 3 is 2.60 bits per heavy atom. The van der Waals surface area contributed by atoms with E-state index in [1.807, 2.05) is 6.07 Å². The number of rotatable bonds is 6. The summed E-state index contributed by atoms with van der Waals surface area (Å²) >= 11 is 0. The number of pyridine rings is 1. The number of hydrogen-bond donors (Lipinski definition) is 1. The van der Waals surface area contributed by atoms with Gasteiger partial charge >= 0.3 is 0 Å². The second-order valence-corrected chi connectivity index (χ2v) is 6.43. The van der Waals surface area contributed by atoms with Gasteiger partial charge in [-0.1, -0.05) is 42.5 Å². The Kier molecular flexibility index (Phi) is 5.18. The summed E-state index contributed by atoms with van der Waals surface area (Å²) in [6.07, 6.45) is 1.34. The van der Waals surface area contributed by atoms with Crippen LogP contribution in [0.2, 0.25) is 0 Å². The molecule has 2 aromatic heterocycles. The van der Waals surface area contributed by atoms with E-state index in [4.69, 9.17) is 10.00 Å². The molecule has 4 rings (SSSR count). The van der Waals surface area contributed by atoms with Crippen molar-refractivity contribution >= 4 is 0 Å². The van der Waals surface area contributed by atoms with Gasteiger partial charge in [0.2, 0.25) is 0 Å². The van der Waals surface area contributed by atoms with Gasteiger partial charge in [-0.2, -0.15) is 24.4 Å². The first-order valence-electron chi connectivity index (χ1n) is 9.01. The molecule has 148 valence electrons. The first-order chi connectivity index (χ1) is 14.6. The molecule has 0 saturated carbocycles. The number of hydrogen-bond acceptors (Lipinski definition) is 5. The first kappa shape index (κ1) is 19.2. The third-order valence-corrected chi connectivity index (χ3v) is 4.46. The maximum atomic E-state index is 14.8. The fraction of sp³-hybridized carbons (Fsp3) is 0.0909. The van der Waals surface area contributed by atoms with Crippen molar-refractivity contribution in [3.05, 3.63) is 95.4 Å². The molecule has 0 fully saturated rings. The molecule has 0 spiro atoms. The SMILES string of the molecule is N#Cc1n[nH]nc1-c1cccc(OCc2cc(C(F)(F)c3ccccc3)ccn2)c1. The maximum absolute atomic E-state index is 14.8. The van der Waals surface area contributed by atoms with Gasteiger partial charge in [0.05, 0.1) is 5.69 Å². The molecule has 0 aliphatic rings. The van der Waals surface area contributed by atoms with Crippen molar-refractivity contribution < 1.29 is 13.5 Å². The number of nitrogens with one attached hydrogen (secondary N) is 1. The molecule has 4 aromatic rings. The fourth-order valence-electron chi connectivity index (χ4n) is 2.97. The number of ether oxygens (including phenoxy) is 1. The van der Waals surface area contributed by atoms with E-state index in [-0.39, 0.29) is 23.4 Å². The van der Waals surface area contributed by atoms with Crippen LogP contribution < -0.4 is 4.74 Å². The van der Waals surface area contributed by atoms with Crippen molar-refractivity contribution in [3.8, 4) is 23.1 Å². The molecular formula is C22H15F2N5O. The molecule has 1 N–H and O–H groups in total. The summed E-state index contributed by atoms with van der Waals surface area (Å²) in [5.41, 5.74) is 1.35. The van der Waals surface area contributed by atoms with Gasteiger partial charge in [-0.15, -0.1) is 5.10 Å². The lowest BCUT2D eigenvalue weighted by molar-refractivity contribution is 0.0425. The summed E-state index contributed by atoms with van der Waals surface area (Å²) < 4.78 is 35.3. The summed E-state index contributed by atoms with van der Waals surface area (Å²) in [5, 5.41) is 19.3. The molecule has 0 saturated heterocycles. The second-order valence-electron chi connectivity index (χ2n) is 6.43. The van der Waals surface area contributed by atoms with E-state index in [1.165, 1.54) is 30.5 Å². The van der Waals surface area contributed by atoms with Crippen LogP contribution in [0.15, 0.2) is 72.9 Å². The highest BCUT2D eigenvalue weighted by Crippen LogP contribution is 2.35. The number of alkyl halides is 2. The minimum Gasteiger partial charge on any atom is -0.487 e. The molecule has 2 heterocycles. The second kappa shape index (κ2) is 8.09. The Morgan fingerprint density at radius 1 is 0.967 bits per heavy atom. The van der Waals surface area contributed by atoms with Crippen molar-refractivity contribution in [3.63, 3.8) is 0 Å². The summed E-state index contributed by atoms with van der Waals surface area (Å²) in [7, 11) is 0. The van der Waals surface area contributed by atoms with Gasteiger partial charge in [-0.05, 0) is 24.3 Å². The van der Waals surface area contributed by atoms with E-state index in [9.17, 15) is 8.78 Å². The molecule has 0 bridgehead atoms. The van der Waals surface area contributed by atoms with E-state index >= 15 is 0 Å². The summed E-state index contributed by atoms with van der Waals surface area (Å²) in [4.78, 5) is 4.13. The van der Waals surface area contributed by atoms with Crippen LogP contribution in [0.1, 0.15) is 22.5 Å². The zero-order chi connectivity index (χ0) is 21.0. The molecule has 0 atom stereocenters. The summed E-state index contributed by atoms with van der Waals surface area (Å²) in [6, 6.07) is 19.1. The lowest BCUT2D eigenvalue weighted by atomic mass is 10.0. The van der Waals surface area contributed by atoms with Crippen LogP contribution in [-0.4, -0.2) is 20.4 Å². The third kappa shape index (κ3) is 3.86. The van der Waals surface area contributed by atoms with Gasteiger partial charge in [0.15, 0.2) is 5.69 Å². The summed E-state index contributed by atoms with van der Waals surface area (Å²) in [6.45, 7) is 0.00604. The molecule has 0 amide bonds. The van der Waals surface area contributed by atoms with Crippen LogP contribution in [-0.2, 0) is 12.5 Å². The predicted molar refractivity (Wildman–Crippen MR) is 105 cm³/mol. The Bertz CT molecular complexity index is 1200. The zero-order valence-electron chi connectivity index (χ0n) is 15.6. The van der Waals surface area contributed by atoms with E-state index in [2.05, 4.69) is 20.4 Å². The number of H-pyrrole nitrogens is 1. The first-order valence-corrected chi connectivity index (χ1v) is 9.01. The molecule has 30 heavy (non-hydrogen) atoms. The number of aromatic amines is 1. The van der Waals surface area contributed by atoms with Crippen LogP contribution in [0.3, 0.4) is 0 Å². The normalized spacial score (nSPS) is 11.1. The minimum atomic E-state index is -3.14. The average molecular weight is 403 g/mol. The monoisotopic (exact) mass is 403 g/mol. The number of nitriles is 1. The van der Waals surface area contributed by atoms with Crippen LogP contribution in [0, 0.1) is 11.3 Å². The quantitative estimate of drug-likeness (QED) is 0.514. The van der Waals surface area contributed by atoms with E-state index < -0.39 is 5.92 Å². The van der Waals surface area contributed by atoms with Crippen LogP contribution in [0.5, 0.6) is 5.75 Å². The summed E-state index contributed by atoms with van der Waals surface area (Å²) in [5.74, 6) is -2.65. The van der Waals surface area contributed by atoms with Crippen molar-refractivity contribution in [1.82, 2.24) is 20.4 Å². The molecule has 2 aromatic carbocycles. The number of nitrogens with zero attached hydrogens (tertiary/aromatic N) is 4. The Morgan fingerprint density at radius 2 is 1.80 bits per heavy atom. The molecule has 6 nitrogen and oxygen atoms in total. The highest BCUT2D eigenvalue weighted by Gasteiger charge is 2.34. The number of halogens is 2. The fourth-order valence-corrected chi connectivity index (χ4v) is 2.97. The van der Waals surface area contributed by atoms with Crippen LogP contribution in [0.25, 0.3) is 11.3 Å². The van der Waals surface area contributed by atoms with E-state index in [1.54, 1.807) is 42.5 Å². The van der Waals surface area contributed by atoms with Gasteiger partial charge in [-0.3, -0.25) is 4.98 Å². The topological polar surface area (TPSA) is 87.5 Å². The van der Waals surface area contributed by atoms with Gasteiger partial charge in [0, 0.05) is 22.9 Å². The molecule has 0 radical (unpaired) electrons. The molecule has 0 aliphatic heterocycles. The Hall–Kier alpha value is -4.12. The zero-order valence-corrected chi connectivity index (χ0v) is 15.6. The Balaban J connectivity index is 1.52. The van der Waals surface area contributed by atoms with Crippen molar-refractivity contribution in [2.75, 3.05) is 0 Å². The maximum Gasteiger partial charge on any atom is 0.298 e. The molecular weight excluding hydrogens is 388 g/mol.